The summed E-state index contributed by atoms with van der Waals surface area (Å²) in [5.41, 5.74) is 0.899. The number of thiophene rings is 1. The lowest BCUT2D eigenvalue weighted by atomic mass is 10.2. The van der Waals surface area contributed by atoms with Gasteiger partial charge < -0.3 is 20.1 Å². The highest BCUT2D eigenvalue weighted by molar-refractivity contribution is 7.09. The largest absolute Gasteiger partial charge is 0.493 e. The van der Waals surface area contributed by atoms with Gasteiger partial charge in [-0.2, -0.15) is 0 Å². The van der Waals surface area contributed by atoms with E-state index < -0.39 is 0 Å². The highest BCUT2D eigenvalue weighted by atomic mass is 32.1. The lowest BCUT2D eigenvalue weighted by Crippen LogP contribution is -2.30. The van der Waals surface area contributed by atoms with Gasteiger partial charge in [-0.05, 0) is 37.4 Å². The number of nitrogens with zero attached hydrogens (tertiary/aromatic N) is 1. The number of nitrogens with one attached hydrogen (secondary N) is 2. The zero-order valence-corrected chi connectivity index (χ0v) is 14.6. The molecule has 0 aliphatic heterocycles. The van der Waals surface area contributed by atoms with Crippen LogP contribution in [0.2, 0.25) is 0 Å². The van der Waals surface area contributed by atoms with Crippen LogP contribution in [-0.4, -0.2) is 26.2 Å². The average molecular weight is 333 g/mol. The van der Waals surface area contributed by atoms with Gasteiger partial charge in [0, 0.05) is 23.2 Å². The summed E-state index contributed by atoms with van der Waals surface area (Å²) in [6.45, 7) is 6.05. The van der Waals surface area contributed by atoms with E-state index in [-0.39, 0.29) is 0 Å². The maximum atomic E-state index is 5.53. The third-order valence-electron chi connectivity index (χ3n) is 3.04. The van der Waals surface area contributed by atoms with Gasteiger partial charge in [-0.15, -0.1) is 11.3 Å². The minimum absolute atomic E-state index is 0.605. The predicted octanol–water partition coefficient (Wildman–Crippen LogP) is 3.73. The lowest BCUT2D eigenvalue weighted by molar-refractivity contribution is 0.311. The summed E-state index contributed by atoms with van der Waals surface area (Å²) in [5, 5.41) is 8.59. The van der Waals surface area contributed by atoms with Crippen molar-refractivity contribution in [3.8, 4) is 11.5 Å². The topological polar surface area (TPSA) is 54.9 Å². The molecule has 5 nitrogen and oxygen atoms in total. The van der Waals surface area contributed by atoms with Crippen LogP contribution in [0.4, 0.5) is 5.69 Å². The third-order valence-corrected chi connectivity index (χ3v) is 3.90. The van der Waals surface area contributed by atoms with E-state index in [4.69, 9.17) is 9.47 Å². The van der Waals surface area contributed by atoms with Crippen LogP contribution in [0, 0.1) is 0 Å². The van der Waals surface area contributed by atoms with Gasteiger partial charge in [-0.3, -0.25) is 0 Å². The number of benzene rings is 1. The van der Waals surface area contributed by atoms with E-state index in [1.807, 2.05) is 38.1 Å². The van der Waals surface area contributed by atoms with E-state index in [1.54, 1.807) is 18.4 Å². The molecular weight excluding hydrogens is 310 g/mol. The van der Waals surface area contributed by atoms with Crippen molar-refractivity contribution >= 4 is 23.0 Å². The molecule has 2 aromatic rings. The normalized spacial score (nSPS) is 11.2. The molecule has 0 fully saturated rings. The molecule has 124 valence electrons. The van der Waals surface area contributed by atoms with Gasteiger partial charge in [0.05, 0.1) is 20.3 Å². The lowest BCUT2D eigenvalue weighted by Gasteiger charge is -2.14. The molecule has 0 bridgehead atoms. The smallest absolute Gasteiger partial charge is 0.196 e. The number of rotatable bonds is 7. The van der Waals surface area contributed by atoms with Gasteiger partial charge in [0.25, 0.3) is 0 Å². The molecule has 1 heterocycles. The average Bonchev–Trinajstić information content (AvgIpc) is 3.08. The molecular formula is C17H23N3O2S. The van der Waals surface area contributed by atoms with Crippen LogP contribution in [0.25, 0.3) is 0 Å². The van der Waals surface area contributed by atoms with Crippen LogP contribution in [0.3, 0.4) is 0 Å². The van der Waals surface area contributed by atoms with E-state index in [9.17, 15) is 0 Å². The number of guanidine groups is 1. The summed E-state index contributed by atoms with van der Waals surface area (Å²) in [6, 6.07) is 9.87. The monoisotopic (exact) mass is 333 g/mol. The second-order valence-corrected chi connectivity index (χ2v) is 5.73. The summed E-state index contributed by atoms with van der Waals surface area (Å²) >= 11 is 1.70. The summed E-state index contributed by atoms with van der Waals surface area (Å²) < 4.78 is 10.9. The number of aliphatic imine (C=N–C) groups is 1. The van der Waals surface area contributed by atoms with Crippen molar-refractivity contribution in [2.75, 3.05) is 25.6 Å². The Kier molecular flexibility index (Phi) is 6.75. The summed E-state index contributed by atoms with van der Waals surface area (Å²) in [6.07, 6.45) is 0. The number of hydrogen-bond acceptors (Lipinski definition) is 4. The highest BCUT2D eigenvalue weighted by Gasteiger charge is 2.07. The summed E-state index contributed by atoms with van der Waals surface area (Å²) in [4.78, 5) is 5.83. The third kappa shape index (κ3) is 5.17. The molecule has 0 radical (unpaired) electrons. The molecule has 0 aliphatic rings. The standard InChI is InChI=1S/C17H23N3O2S/c1-4-18-17(19-12-14-7-6-10-23-14)20-13-8-9-15(22-5-2)16(11-13)21-3/h6-11H,4-5,12H2,1-3H3,(H2,18,19,20). The molecule has 0 saturated heterocycles. The predicted molar refractivity (Wildman–Crippen MR) is 96.9 cm³/mol. The fourth-order valence-electron chi connectivity index (χ4n) is 2.02. The van der Waals surface area contributed by atoms with Crippen molar-refractivity contribution < 1.29 is 9.47 Å². The second-order valence-electron chi connectivity index (χ2n) is 4.70. The van der Waals surface area contributed by atoms with E-state index in [0.717, 1.165) is 23.9 Å². The van der Waals surface area contributed by atoms with Crippen molar-refractivity contribution in [1.82, 2.24) is 5.32 Å². The minimum Gasteiger partial charge on any atom is -0.493 e. The Morgan fingerprint density at radius 3 is 2.74 bits per heavy atom. The number of methoxy groups -OCH3 is 1. The first-order valence-corrected chi connectivity index (χ1v) is 8.53. The van der Waals surface area contributed by atoms with Crippen molar-refractivity contribution in [3.63, 3.8) is 0 Å². The maximum Gasteiger partial charge on any atom is 0.196 e. The van der Waals surface area contributed by atoms with Crippen molar-refractivity contribution in [3.05, 3.63) is 40.6 Å². The Bertz CT molecular complexity index is 627. The van der Waals surface area contributed by atoms with Crippen LogP contribution in [0.5, 0.6) is 11.5 Å². The van der Waals surface area contributed by atoms with E-state index in [0.29, 0.717) is 18.9 Å². The molecule has 2 N–H and O–H groups in total. The molecule has 0 spiro atoms. The molecule has 0 unspecified atom stereocenters. The van der Waals surface area contributed by atoms with Crippen LogP contribution in [0.1, 0.15) is 18.7 Å². The Morgan fingerprint density at radius 1 is 1.22 bits per heavy atom. The molecule has 23 heavy (non-hydrogen) atoms. The summed E-state index contributed by atoms with van der Waals surface area (Å²) in [7, 11) is 1.64. The minimum atomic E-state index is 0.605. The molecule has 0 saturated carbocycles. The Hall–Kier alpha value is -2.21. The number of ether oxygens (including phenoxy) is 2. The van der Waals surface area contributed by atoms with E-state index in [1.165, 1.54) is 4.88 Å². The quantitative estimate of drug-likeness (QED) is 0.599. The van der Waals surface area contributed by atoms with Gasteiger partial charge in [-0.1, -0.05) is 6.07 Å². The van der Waals surface area contributed by atoms with Crippen molar-refractivity contribution in [2.45, 2.75) is 20.4 Å². The Labute approximate surface area is 141 Å². The molecule has 2 rings (SSSR count). The van der Waals surface area contributed by atoms with Gasteiger partial charge in [-0.25, -0.2) is 4.99 Å². The highest BCUT2D eigenvalue weighted by Crippen LogP contribution is 2.30. The van der Waals surface area contributed by atoms with Gasteiger partial charge in [0.15, 0.2) is 17.5 Å². The number of hydrogen-bond donors (Lipinski definition) is 2. The summed E-state index contributed by atoms with van der Waals surface area (Å²) in [5.74, 6) is 2.18. The van der Waals surface area contributed by atoms with Crippen LogP contribution < -0.4 is 20.1 Å². The fraction of sp³-hybridized carbons (Fsp3) is 0.353. The molecule has 0 amide bonds. The molecule has 0 aliphatic carbocycles. The van der Waals surface area contributed by atoms with E-state index in [2.05, 4.69) is 27.1 Å². The second kappa shape index (κ2) is 9.05. The van der Waals surface area contributed by atoms with Gasteiger partial charge >= 0.3 is 0 Å². The number of anilines is 1. The van der Waals surface area contributed by atoms with Crippen molar-refractivity contribution in [2.24, 2.45) is 4.99 Å². The Balaban J connectivity index is 2.11. The molecule has 1 aromatic carbocycles. The van der Waals surface area contributed by atoms with Crippen LogP contribution >= 0.6 is 11.3 Å². The van der Waals surface area contributed by atoms with Crippen molar-refractivity contribution in [1.29, 1.82) is 0 Å². The molecule has 1 aromatic heterocycles. The zero-order valence-electron chi connectivity index (χ0n) is 13.8. The first-order valence-electron chi connectivity index (χ1n) is 7.65. The SMILES string of the molecule is CCNC(=NCc1cccs1)Nc1ccc(OCC)c(OC)c1. The first kappa shape index (κ1) is 17.1. The zero-order chi connectivity index (χ0) is 16.5. The van der Waals surface area contributed by atoms with Gasteiger partial charge in [0.1, 0.15) is 0 Å². The molecule has 0 atom stereocenters. The first-order chi connectivity index (χ1) is 11.3. The fourth-order valence-corrected chi connectivity index (χ4v) is 2.65. The molecule has 6 heteroatoms. The maximum absolute atomic E-state index is 5.53. The Morgan fingerprint density at radius 2 is 2.09 bits per heavy atom. The van der Waals surface area contributed by atoms with Crippen LogP contribution in [0.15, 0.2) is 40.7 Å². The van der Waals surface area contributed by atoms with E-state index >= 15 is 0 Å². The van der Waals surface area contributed by atoms with Crippen LogP contribution in [-0.2, 0) is 6.54 Å². The van der Waals surface area contributed by atoms with Gasteiger partial charge in [0.2, 0.25) is 0 Å².